The third-order valence-corrected chi connectivity index (χ3v) is 5.95. The van der Waals surface area contributed by atoms with Gasteiger partial charge in [0.05, 0.1) is 11.4 Å². The van der Waals surface area contributed by atoms with Crippen molar-refractivity contribution in [3.8, 4) is 5.69 Å². The van der Waals surface area contributed by atoms with Crippen molar-refractivity contribution in [2.24, 2.45) is 5.92 Å². The Hall–Kier alpha value is -1.85. The Labute approximate surface area is 167 Å². The van der Waals surface area contributed by atoms with Crippen LogP contribution < -0.4 is 10.6 Å². The SMILES string of the molecule is Cc1nn(-c2ccccc2)c(C)c1CNC(=O)CC1CC2CCC(C1)N2.Cl. The number of aromatic nitrogens is 2. The first kappa shape index (κ1) is 19.9. The predicted molar refractivity (Wildman–Crippen MR) is 109 cm³/mol. The van der Waals surface area contributed by atoms with Gasteiger partial charge in [0, 0.05) is 36.3 Å². The normalized spacial score (nSPS) is 23.7. The summed E-state index contributed by atoms with van der Waals surface area (Å²) >= 11 is 0. The molecule has 1 aromatic heterocycles. The van der Waals surface area contributed by atoms with Crippen LogP contribution in [0.3, 0.4) is 0 Å². The van der Waals surface area contributed by atoms with Crippen molar-refractivity contribution in [1.29, 1.82) is 0 Å². The molecular weight excluding hydrogens is 360 g/mol. The standard InChI is InChI=1S/C21H28N4O.ClH/c1-14-20(15(2)25(24-14)19-6-4-3-5-7-19)13-22-21(26)12-16-10-17-8-9-18(11-16)23-17;/h3-7,16-18,23H,8-13H2,1-2H3,(H,22,26);1H. The van der Waals surface area contributed by atoms with Gasteiger partial charge in [-0.05, 0) is 57.6 Å². The number of carbonyl (C=O) groups excluding carboxylic acids is 1. The molecule has 2 fully saturated rings. The van der Waals surface area contributed by atoms with Crippen LogP contribution in [-0.4, -0.2) is 27.8 Å². The molecule has 2 unspecified atom stereocenters. The van der Waals surface area contributed by atoms with E-state index in [1.807, 2.05) is 41.9 Å². The smallest absolute Gasteiger partial charge is 0.220 e. The van der Waals surface area contributed by atoms with E-state index in [4.69, 9.17) is 0 Å². The van der Waals surface area contributed by atoms with Crippen LogP contribution in [0.25, 0.3) is 5.69 Å². The second-order valence-electron chi connectivity index (χ2n) is 7.85. The van der Waals surface area contributed by atoms with Crippen molar-refractivity contribution < 1.29 is 4.79 Å². The Kier molecular flexibility index (Phi) is 6.22. The molecule has 4 rings (SSSR count). The number of rotatable bonds is 5. The Morgan fingerprint density at radius 1 is 1.19 bits per heavy atom. The largest absolute Gasteiger partial charge is 0.352 e. The molecule has 1 amide bonds. The maximum absolute atomic E-state index is 12.5. The molecule has 2 N–H and O–H groups in total. The number of para-hydroxylation sites is 1. The maximum Gasteiger partial charge on any atom is 0.220 e. The van der Waals surface area contributed by atoms with Gasteiger partial charge < -0.3 is 10.6 Å². The fourth-order valence-corrected chi connectivity index (χ4v) is 4.61. The fourth-order valence-electron chi connectivity index (χ4n) is 4.61. The number of benzene rings is 1. The molecule has 2 aliphatic heterocycles. The van der Waals surface area contributed by atoms with Crippen molar-refractivity contribution >= 4 is 18.3 Å². The molecule has 146 valence electrons. The van der Waals surface area contributed by atoms with Crippen molar-refractivity contribution in [3.05, 3.63) is 47.3 Å². The van der Waals surface area contributed by atoms with Crippen LogP contribution in [0.2, 0.25) is 0 Å². The topological polar surface area (TPSA) is 59.0 Å². The third-order valence-electron chi connectivity index (χ3n) is 5.95. The summed E-state index contributed by atoms with van der Waals surface area (Å²) in [5.74, 6) is 0.700. The molecule has 1 aromatic carbocycles. The van der Waals surface area contributed by atoms with Crippen LogP contribution in [0.5, 0.6) is 0 Å². The maximum atomic E-state index is 12.5. The minimum atomic E-state index is 0. The molecule has 2 bridgehead atoms. The molecule has 2 saturated heterocycles. The van der Waals surface area contributed by atoms with Gasteiger partial charge in [0.2, 0.25) is 5.91 Å². The number of nitrogens with one attached hydrogen (secondary N) is 2. The summed E-state index contributed by atoms with van der Waals surface area (Å²) in [6.07, 6.45) is 5.50. The van der Waals surface area contributed by atoms with Crippen LogP contribution in [0.1, 0.15) is 49.1 Å². The fraction of sp³-hybridized carbons (Fsp3) is 0.524. The molecule has 2 aromatic rings. The second kappa shape index (κ2) is 8.44. The average molecular weight is 389 g/mol. The zero-order valence-corrected chi connectivity index (χ0v) is 16.9. The van der Waals surface area contributed by atoms with Crippen molar-refractivity contribution in [3.63, 3.8) is 0 Å². The molecule has 5 nitrogen and oxygen atoms in total. The highest BCUT2D eigenvalue weighted by atomic mass is 35.5. The van der Waals surface area contributed by atoms with Crippen LogP contribution in [-0.2, 0) is 11.3 Å². The van der Waals surface area contributed by atoms with E-state index in [1.165, 1.54) is 12.8 Å². The number of carbonyl (C=O) groups is 1. The van der Waals surface area contributed by atoms with Gasteiger partial charge in [0.15, 0.2) is 0 Å². The predicted octanol–water partition coefficient (Wildman–Crippen LogP) is 3.45. The third kappa shape index (κ3) is 4.36. The number of halogens is 1. The highest BCUT2D eigenvalue weighted by molar-refractivity contribution is 5.85. The lowest BCUT2D eigenvalue weighted by Crippen LogP contribution is -2.39. The summed E-state index contributed by atoms with van der Waals surface area (Å²) in [6.45, 7) is 4.64. The molecule has 0 radical (unpaired) electrons. The van der Waals surface area contributed by atoms with Gasteiger partial charge in [0.25, 0.3) is 0 Å². The highest BCUT2D eigenvalue weighted by Crippen LogP contribution is 2.32. The minimum Gasteiger partial charge on any atom is -0.352 e. The monoisotopic (exact) mass is 388 g/mol. The van der Waals surface area contributed by atoms with Gasteiger partial charge in [-0.2, -0.15) is 5.10 Å². The number of amides is 1. The summed E-state index contributed by atoms with van der Waals surface area (Å²) in [6, 6.07) is 11.4. The van der Waals surface area contributed by atoms with Crippen molar-refractivity contribution in [1.82, 2.24) is 20.4 Å². The number of hydrogen-bond donors (Lipinski definition) is 2. The van der Waals surface area contributed by atoms with E-state index in [9.17, 15) is 4.79 Å². The van der Waals surface area contributed by atoms with Gasteiger partial charge >= 0.3 is 0 Å². The lowest BCUT2D eigenvalue weighted by atomic mass is 9.89. The molecule has 3 heterocycles. The van der Waals surface area contributed by atoms with E-state index >= 15 is 0 Å². The Bertz CT molecular complexity index is 777. The first-order valence-corrected chi connectivity index (χ1v) is 9.73. The molecule has 2 atom stereocenters. The van der Waals surface area contributed by atoms with E-state index in [2.05, 4.69) is 22.7 Å². The second-order valence-corrected chi connectivity index (χ2v) is 7.85. The lowest BCUT2D eigenvalue weighted by molar-refractivity contribution is -0.122. The number of piperidine rings is 1. The van der Waals surface area contributed by atoms with Crippen LogP contribution in [0, 0.1) is 19.8 Å². The minimum absolute atomic E-state index is 0. The van der Waals surface area contributed by atoms with Crippen LogP contribution in [0.4, 0.5) is 0 Å². The molecule has 0 spiro atoms. The van der Waals surface area contributed by atoms with Crippen molar-refractivity contribution in [2.45, 2.75) is 64.6 Å². The van der Waals surface area contributed by atoms with Crippen molar-refractivity contribution in [2.75, 3.05) is 0 Å². The number of nitrogens with zero attached hydrogens (tertiary/aromatic N) is 2. The molecule has 0 saturated carbocycles. The average Bonchev–Trinajstić information content (AvgIpc) is 3.12. The highest BCUT2D eigenvalue weighted by Gasteiger charge is 2.34. The quantitative estimate of drug-likeness (QED) is 0.824. The summed E-state index contributed by atoms with van der Waals surface area (Å²) in [5, 5.41) is 11.4. The Morgan fingerprint density at radius 3 is 2.52 bits per heavy atom. The summed E-state index contributed by atoms with van der Waals surface area (Å²) < 4.78 is 1.96. The van der Waals surface area contributed by atoms with E-state index in [0.717, 1.165) is 35.5 Å². The molecule has 6 heteroatoms. The van der Waals surface area contributed by atoms with Gasteiger partial charge in [-0.3, -0.25) is 4.79 Å². The van der Waals surface area contributed by atoms with Gasteiger partial charge in [-0.25, -0.2) is 4.68 Å². The number of fused-ring (bicyclic) bond motifs is 2. The van der Waals surface area contributed by atoms with Gasteiger partial charge in [-0.15, -0.1) is 12.4 Å². The van der Waals surface area contributed by atoms with Crippen LogP contribution in [0.15, 0.2) is 30.3 Å². The number of aryl methyl sites for hydroxylation is 1. The first-order chi connectivity index (χ1) is 12.6. The molecule has 0 aliphatic carbocycles. The zero-order valence-electron chi connectivity index (χ0n) is 16.1. The van der Waals surface area contributed by atoms with Gasteiger partial charge in [-0.1, -0.05) is 18.2 Å². The summed E-state index contributed by atoms with van der Waals surface area (Å²) in [5.41, 5.74) is 4.24. The van der Waals surface area contributed by atoms with E-state index < -0.39 is 0 Å². The number of hydrogen-bond acceptors (Lipinski definition) is 3. The molecule has 2 aliphatic rings. The molecular formula is C21H29ClN4O. The lowest BCUT2D eigenvalue weighted by Gasteiger charge is -2.28. The van der Waals surface area contributed by atoms with E-state index in [0.29, 0.717) is 31.0 Å². The molecule has 27 heavy (non-hydrogen) atoms. The zero-order chi connectivity index (χ0) is 18.1. The Balaban J connectivity index is 0.00000210. The Morgan fingerprint density at radius 2 is 1.85 bits per heavy atom. The summed E-state index contributed by atoms with van der Waals surface area (Å²) in [4.78, 5) is 12.5. The van der Waals surface area contributed by atoms with E-state index in [1.54, 1.807) is 0 Å². The van der Waals surface area contributed by atoms with E-state index in [-0.39, 0.29) is 18.3 Å². The van der Waals surface area contributed by atoms with Crippen LogP contribution >= 0.6 is 12.4 Å². The summed E-state index contributed by atoms with van der Waals surface area (Å²) in [7, 11) is 0. The van der Waals surface area contributed by atoms with Gasteiger partial charge in [0.1, 0.15) is 0 Å². The first-order valence-electron chi connectivity index (χ1n) is 9.73.